The minimum Gasteiger partial charge on any atom is -0.309 e. The maximum atomic E-state index is 8.40. The van der Waals surface area contributed by atoms with E-state index < -0.39 is 5.89 Å². The van der Waals surface area contributed by atoms with E-state index in [0.717, 1.165) is 38.3 Å². The first-order valence-electron chi connectivity index (χ1n) is 6.40. The van der Waals surface area contributed by atoms with Crippen LogP contribution in [0.15, 0.2) is 23.8 Å². The van der Waals surface area contributed by atoms with E-state index >= 15 is 0 Å². The first-order chi connectivity index (χ1) is 7.55. The molecular weight excluding hydrogens is 158 g/mol. The van der Waals surface area contributed by atoms with Crippen molar-refractivity contribution in [3.63, 3.8) is 0 Å². The second kappa shape index (κ2) is 5.00. The van der Waals surface area contributed by atoms with Gasteiger partial charge in [-0.1, -0.05) is 25.8 Å². The zero-order valence-corrected chi connectivity index (χ0v) is 8.19. The van der Waals surface area contributed by atoms with Crippen LogP contribution >= 0.6 is 0 Å². The van der Waals surface area contributed by atoms with E-state index in [1.807, 2.05) is 0 Å². The predicted octanol–water partition coefficient (Wildman–Crippen LogP) is 3.72. The van der Waals surface area contributed by atoms with Gasteiger partial charge in [0.25, 0.3) is 0 Å². The van der Waals surface area contributed by atoms with Crippen LogP contribution < -0.4 is 0 Å². The molecule has 0 heterocycles. The molecule has 0 radical (unpaired) electrons. The average molecular weight is 180 g/mol. The fourth-order valence-electron chi connectivity index (χ4n) is 1.70. The smallest absolute Gasteiger partial charge is 0.0642 e. The molecule has 72 valence electrons. The first kappa shape index (κ1) is 6.58. The Morgan fingerprint density at radius 3 is 2.85 bits per heavy atom. The molecule has 0 aromatic rings. The molecule has 0 aromatic heterocycles. The van der Waals surface area contributed by atoms with Crippen molar-refractivity contribution in [3.8, 4) is 0 Å². The van der Waals surface area contributed by atoms with Gasteiger partial charge in [-0.25, -0.2) is 0 Å². The van der Waals surface area contributed by atoms with E-state index in [1.165, 1.54) is 6.55 Å². The summed E-state index contributed by atoms with van der Waals surface area (Å²) in [4.78, 5) is 0. The summed E-state index contributed by atoms with van der Waals surface area (Å²) >= 11 is 0. The van der Waals surface area contributed by atoms with Crippen LogP contribution in [0.1, 0.15) is 43.1 Å². The molecule has 0 amide bonds. The molecule has 1 rings (SSSR count). The summed E-state index contributed by atoms with van der Waals surface area (Å²) in [6, 6.07) is 0.107. The molecule has 1 saturated carbocycles. The summed E-state index contributed by atoms with van der Waals surface area (Å²) in [5.41, 5.74) is 1.21. The average Bonchev–Trinajstić information content (AvgIpc) is 2.29. The topological polar surface area (TPSA) is 23.9 Å². The molecule has 1 fully saturated rings. The van der Waals surface area contributed by atoms with Gasteiger partial charge < -0.3 is 5.41 Å². The number of nitrogens with one attached hydrogen (secondary N) is 1. The molecule has 1 N–H and O–H groups in total. The third-order valence-electron chi connectivity index (χ3n) is 2.53. The number of hydrogen-bond donors (Lipinski definition) is 1. The fraction of sp³-hybridized carbons (Fsp3) is 0.583. The van der Waals surface area contributed by atoms with E-state index in [9.17, 15) is 0 Å². The lowest BCUT2D eigenvalue weighted by molar-refractivity contribution is 0.406. The predicted molar refractivity (Wildman–Crippen MR) is 58.3 cm³/mol. The van der Waals surface area contributed by atoms with Crippen molar-refractivity contribution < 1.29 is 4.11 Å². The SMILES string of the molecule is [2H]C=C(/C(C)=C(/[2H])C=N)C1([2H])CCCCC1. The van der Waals surface area contributed by atoms with E-state index in [2.05, 4.69) is 0 Å². The molecule has 0 saturated heterocycles. The van der Waals surface area contributed by atoms with Crippen LogP contribution in [0.2, 0.25) is 0 Å². The van der Waals surface area contributed by atoms with Gasteiger partial charge in [0.1, 0.15) is 0 Å². The van der Waals surface area contributed by atoms with Crippen LogP contribution in [-0.4, -0.2) is 6.21 Å². The van der Waals surface area contributed by atoms with Crippen LogP contribution in [0.4, 0.5) is 0 Å². The first-order valence-corrected chi connectivity index (χ1v) is 4.82. The lowest BCUT2D eigenvalue weighted by atomic mass is 9.82. The molecule has 0 unspecified atom stereocenters. The minimum absolute atomic E-state index is 0.107. The van der Waals surface area contributed by atoms with Gasteiger partial charge in [0, 0.05) is 7.59 Å². The summed E-state index contributed by atoms with van der Waals surface area (Å²) in [5.74, 6) is -0.709. The molecule has 1 nitrogen and oxygen atoms in total. The molecule has 1 aliphatic carbocycles. The standard InChI is InChI=1S/C12H19N/c1-10(8-9-13)11(2)12-6-4-3-5-7-12/h8-9,12-13H,2-7H2,1H3/b10-8-,13-9?/i2D,8D,12D/b10-8-,11-2?,13-9?. The maximum absolute atomic E-state index is 8.40. The van der Waals surface area contributed by atoms with E-state index in [1.54, 1.807) is 6.92 Å². The minimum atomic E-state index is -0.709. The lowest BCUT2D eigenvalue weighted by Crippen LogP contribution is -2.09. The van der Waals surface area contributed by atoms with Gasteiger partial charge in [-0.2, -0.15) is 0 Å². The Labute approximate surface area is 85.3 Å². The van der Waals surface area contributed by atoms with Crippen molar-refractivity contribution in [1.82, 2.24) is 0 Å². The molecular formula is C12H19N. The highest BCUT2D eigenvalue weighted by Gasteiger charge is 2.16. The van der Waals surface area contributed by atoms with Crippen molar-refractivity contribution in [2.75, 3.05) is 0 Å². The van der Waals surface area contributed by atoms with E-state index in [4.69, 9.17) is 9.52 Å². The summed E-state index contributed by atoms with van der Waals surface area (Å²) in [6.45, 7) is 2.93. The third-order valence-corrected chi connectivity index (χ3v) is 2.53. The van der Waals surface area contributed by atoms with Crippen molar-refractivity contribution in [2.45, 2.75) is 39.0 Å². The lowest BCUT2D eigenvalue weighted by Gasteiger charge is -2.24. The Kier molecular flexibility index (Phi) is 2.53. The Morgan fingerprint density at radius 1 is 1.62 bits per heavy atom. The van der Waals surface area contributed by atoms with Crippen LogP contribution in [-0.2, 0) is 0 Å². The highest BCUT2D eigenvalue weighted by atomic mass is 14.3. The quantitative estimate of drug-likeness (QED) is 0.505. The van der Waals surface area contributed by atoms with Crippen molar-refractivity contribution in [2.24, 2.45) is 5.89 Å². The highest BCUT2D eigenvalue weighted by Crippen LogP contribution is 2.31. The molecule has 0 atom stereocenters. The van der Waals surface area contributed by atoms with Crippen molar-refractivity contribution in [3.05, 3.63) is 23.8 Å². The largest absolute Gasteiger partial charge is 0.309 e. The number of hydrogen-bond acceptors (Lipinski definition) is 1. The van der Waals surface area contributed by atoms with Gasteiger partial charge in [-0.05, 0) is 42.9 Å². The van der Waals surface area contributed by atoms with Gasteiger partial charge in [0.05, 0.1) is 2.74 Å². The van der Waals surface area contributed by atoms with Gasteiger partial charge in [0.2, 0.25) is 0 Å². The molecule has 0 spiro atoms. The number of rotatable bonds is 3. The van der Waals surface area contributed by atoms with Gasteiger partial charge >= 0.3 is 0 Å². The van der Waals surface area contributed by atoms with Crippen LogP contribution in [0.25, 0.3) is 0 Å². The summed E-state index contributed by atoms with van der Waals surface area (Å²) in [5, 5.41) is 7.06. The summed E-state index contributed by atoms with van der Waals surface area (Å²) in [7, 11) is 0. The Morgan fingerprint density at radius 2 is 2.31 bits per heavy atom. The van der Waals surface area contributed by atoms with E-state index in [-0.39, 0.29) is 6.05 Å². The monoisotopic (exact) mass is 180 g/mol. The second-order valence-electron chi connectivity index (χ2n) is 3.49. The maximum Gasteiger partial charge on any atom is 0.0642 e. The van der Waals surface area contributed by atoms with Crippen molar-refractivity contribution in [1.29, 1.82) is 5.41 Å². The normalized spacial score (nSPS) is 28.1. The highest BCUT2D eigenvalue weighted by molar-refractivity contribution is 5.70. The molecule has 0 bridgehead atoms. The summed E-state index contributed by atoms with van der Waals surface area (Å²) in [6.07, 6.45) is 5.71. The number of allylic oxidation sites excluding steroid dienone is 3. The van der Waals surface area contributed by atoms with Crippen LogP contribution in [0.3, 0.4) is 0 Å². The van der Waals surface area contributed by atoms with E-state index in [0.29, 0.717) is 11.1 Å². The van der Waals surface area contributed by atoms with Gasteiger partial charge in [-0.3, -0.25) is 0 Å². The summed E-state index contributed by atoms with van der Waals surface area (Å²) < 4.78 is 23.4. The zero-order valence-electron chi connectivity index (χ0n) is 11.2. The second-order valence-corrected chi connectivity index (χ2v) is 3.49. The van der Waals surface area contributed by atoms with Crippen molar-refractivity contribution >= 4 is 6.21 Å². The van der Waals surface area contributed by atoms with Crippen LogP contribution in [0, 0.1) is 11.3 Å². The van der Waals surface area contributed by atoms with Gasteiger partial charge in [-0.15, -0.1) is 0 Å². The third kappa shape index (κ3) is 2.83. The Hall–Kier alpha value is -0.850. The molecule has 13 heavy (non-hydrogen) atoms. The zero-order chi connectivity index (χ0) is 12.2. The fourth-order valence-corrected chi connectivity index (χ4v) is 1.70. The molecule has 0 aliphatic heterocycles. The Bertz CT molecular complexity index is 325. The molecule has 1 heteroatoms. The van der Waals surface area contributed by atoms with Gasteiger partial charge in [0.15, 0.2) is 0 Å². The molecule has 0 aromatic carbocycles. The Balaban J connectivity index is 3.03. The molecule has 1 aliphatic rings. The van der Waals surface area contributed by atoms with Crippen LogP contribution in [0.5, 0.6) is 0 Å².